The summed E-state index contributed by atoms with van der Waals surface area (Å²) in [7, 11) is 3.77. The lowest BCUT2D eigenvalue weighted by molar-refractivity contribution is -0.118. The lowest BCUT2D eigenvalue weighted by Crippen LogP contribution is -2.51. The molecule has 1 amide bonds. The number of morpholine rings is 1. The first-order valence-electron chi connectivity index (χ1n) is 8.14. The van der Waals surface area contributed by atoms with Gasteiger partial charge in [-0.3, -0.25) is 9.69 Å². The number of nitrogens with zero attached hydrogens (tertiary/aromatic N) is 3. The van der Waals surface area contributed by atoms with Crippen molar-refractivity contribution in [2.24, 2.45) is 5.73 Å². The average Bonchev–Trinajstić information content (AvgIpc) is 2.43. The minimum Gasteiger partial charge on any atom is -0.370 e. The molecule has 3 unspecified atom stereocenters. The molecule has 0 saturated carbocycles. The van der Waals surface area contributed by atoms with E-state index in [4.69, 9.17) is 15.0 Å². The highest BCUT2D eigenvalue weighted by Crippen LogP contribution is 2.60. The number of hydrogen-bond acceptors (Lipinski definition) is 6. The molecule has 3 atom stereocenters. The van der Waals surface area contributed by atoms with E-state index < -0.39 is 7.79 Å². The first kappa shape index (κ1) is 20.7. The summed E-state index contributed by atoms with van der Waals surface area (Å²) in [5, 5.41) is 0. The number of carbonyl (C=O) groups excluding carboxylic acids is 1. The van der Waals surface area contributed by atoms with Crippen molar-refractivity contribution in [3.05, 3.63) is 0 Å². The van der Waals surface area contributed by atoms with Gasteiger partial charge in [0.15, 0.2) is 0 Å². The van der Waals surface area contributed by atoms with Crippen LogP contribution in [0.3, 0.4) is 0 Å². The van der Waals surface area contributed by atoms with Gasteiger partial charge in [-0.25, -0.2) is 0 Å². The van der Waals surface area contributed by atoms with Gasteiger partial charge in [0.05, 0.1) is 12.2 Å². The Morgan fingerprint density at radius 1 is 1.39 bits per heavy atom. The molecule has 0 bridgehead atoms. The molecule has 0 spiro atoms. The van der Waals surface area contributed by atoms with Crippen molar-refractivity contribution in [1.82, 2.24) is 14.2 Å². The van der Waals surface area contributed by atoms with E-state index in [9.17, 15) is 4.79 Å². The van der Waals surface area contributed by atoms with Gasteiger partial charge in [-0.2, -0.15) is 4.52 Å². The van der Waals surface area contributed by atoms with Crippen LogP contribution in [0, 0.1) is 0 Å². The Balaban J connectivity index is 2.69. The van der Waals surface area contributed by atoms with Crippen LogP contribution < -0.4 is 5.73 Å². The van der Waals surface area contributed by atoms with Gasteiger partial charge in [0.2, 0.25) is 5.91 Å². The lowest BCUT2D eigenvalue weighted by atomic mass is 10.2. The zero-order valence-electron chi connectivity index (χ0n) is 15.7. The van der Waals surface area contributed by atoms with E-state index in [2.05, 4.69) is 25.7 Å². The first-order chi connectivity index (χ1) is 10.6. The van der Waals surface area contributed by atoms with Crippen LogP contribution in [0.4, 0.5) is 0 Å². The summed E-state index contributed by atoms with van der Waals surface area (Å²) >= 11 is 0. The molecule has 23 heavy (non-hydrogen) atoms. The zero-order chi connectivity index (χ0) is 17.8. The van der Waals surface area contributed by atoms with E-state index in [-0.39, 0.29) is 24.7 Å². The van der Waals surface area contributed by atoms with Gasteiger partial charge in [0, 0.05) is 40.3 Å². The smallest absolute Gasteiger partial charge is 0.286 e. The summed E-state index contributed by atoms with van der Waals surface area (Å²) < 4.78 is 16.3. The molecule has 0 aliphatic carbocycles. The van der Waals surface area contributed by atoms with Crippen LogP contribution in [0.25, 0.3) is 0 Å². The maximum Gasteiger partial charge on any atom is 0.286 e. The van der Waals surface area contributed by atoms with Crippen molar-refractivity contribution in [3.8, 4) is 0 Å². The van der Waals surface area contributed by atoms with E-state index in [1.54, 1.807) is 0 Å². The number of nitrogens with two attached hydrogens (primary N) is 1. The van der Waals surface area contributed by atoms with Crippen LogP contribution >= 0.6 is 7.79 Å². The molecular formula is C15H34N4O3P+. The number of amides is 1. The van der Waals surface area contributed by atoms with E-state index in [1.165, 1.54) is 0 Å². The van der Waals surface area contributed by atoms with Crippen molar-refractivity contribution < 1.29 is 14.1 Å². The Morgan fingerprint density at radius 2 is 2.00 bits per heavy atom. The summed E-state index contributed by atoms with van der Waals surface area (Å²) in [5.74, 6) is -0.349. The molecule has 8 heteroatoms. The van der Waals surface area contributed by atoms with Crippen LogP contribution in [-0.4, -0.2) is 92.4 Å². The predicted octanol–water partition coefficient (Wildman–Crippen LogP) is 0.872. The topological polar surface area (TPSA) is 71.3 Å². The molecule has 0 aromatic carbocycles. The Hall–Kier alpha value is -0.300. The molecular weight excluding hydrogens is 315 g/mol. The number of primary amides is 1. The third-order valence-corrected chi connectivity index (χ3v) is 7.88. The second-order valence-corrected chi connectivity index (χ2v) is 10.3. The number of likely N-dealkylation sites (N-methyl/N-ethyl adjacent to an activating group) is 1. The number of hydrogen-bond donors (Lipinski definition) is 1. The summed E-state index contributed by atoms with van der Waals surface area (Å²) in [4.78, 5) is 13.7. The fourth-order valence-electron chi connectivity index (χ4n) is 2.70. The van der Waals surface area contributed by atoms with Gasteiger partial charge in [0.25, 0.3) is 7.79 Å². The predicted molar refractivity (Wildman–Crippen MR) is 95.4 cm³/mol. The summed E-state index contributed by atoms with van der Waals surface area (Å²) in [6, 6.07) is 0.497. The Bertz CT molecular complexity index is 397. The molecule has 136 valence electrons. The second-order valence-electron chi connectivity index (χ2n) is 6.88. The number of carbonyl (C=O) groups is 1. The van der Waals surface area contributed by atoms with E-state index in [1.807, 2.05) is 37.1 Å². The van der Waals surface area contributed by atoms with Crippen molar-refractivity contribution in [2.45, 2.75) is 39.0 Å². The van der Waals surface area contributed by atoms with Gasteiger partial charge in [-0.05, 0) is 20.8 Å². The highest BCUT2D eigenvalue weighted by molar-refractivity contribution is 7.65. The molecule has 0 aromatic rings. The normalized spacial score (nSPS) is 26.0. The first-order valence-corrected chi connectivity index (χ1v) is 10.2. The van der Waals surface area contributed by atoms with Gasteiger partial charge in [-0.15, -0.1) is 9.34 Å². The Labute approximate surface area is 141 Å². The molecule has 2 N–H and O–H groups in total. The van der Waals surface area contributed by atoms with Crippen LogP contribution in [0.15, 0.2) is 0 Å². The molecule has 1 fully saturated rings. The maximum absolute atomic E-state index is 11.2. The van der Waals surface area contributed by atoms with E-state index >= 15 is 0 Å². The fourth-order valence-corrected chi connectivity index (χ4v) is 4.58. The highest BCUT2D eigenvalue weighted by atomic mass is 31.2. The molecule has 0 aromatic heterocycles. The zero-order valence-corrected chi connectivity index (χ0v) is 16.5. The minimum absolute atomic E-state index is 0.0439. The SMILES string of the molecule is CC1CN(C(C)C)CC(CO[P+](C)(N(C)C)N(C)CC(N)=O)O1. The standard InChI is InChI=1S/C15H33N4O3P/c1-12(2)19-8-13(3)22-14(9-19)11-21-23(7,17(4)5)18(6)10-15(16)20/h12-14H,8-11H2,1-7H3,(H-,16,20)/p+1. The van der Waals surface area contributed by atoms with Crippen molar-refractivity contribution >= 4 is 13.7 Å². The Morgan fingerprint density at radius 3 is 2.48 bits per heavy atom. The second kappa shape index (κ2) is 8.70. The third-order valence-electron chi connectivity index (χ3n) is 4.35. The third kappa shape index (κ3) is 5.93. The molecule has 1 rings (SSSR count). The molecule has 1 aliphatic rings. The van der Waals surface area contributed by atoms with Crippen LogP contribution in [0.2, 0.25) is 0 Å². The molecule has 0 radical (unpaired) electrons. The molecule has 1 heterocycles. The van der Waals surface area contributed by atoms with Crippen molar-refractivity contribution in [2.75, 3.05) is 54.0 Å². The van der Waals surface area contributed by atoms with Crippen LogP contribution in [-0.2, 0) is 14.1 Å². The van der Waals surface area contributed by atoms with Gasteiger partial charge in [0.1, 0.15) is 19.8 Å². The minimum atomic E-state index is -2.05. The van der Waals surface area contributed by atoms with Gasteiger partial charge >= 0.3 is 0 Å². The number of rotatable bonds is 8. The summed E-state index contributed by atoms with van der Waals surface area (Å²) in [6.07, 6.45) is 0.245. The van der Waals surface area contributed by atoms with Crippen molar-refractivity contribution in [1.29, 1.82) is 0 Å². The van der Waals surface area contributed by atoms with Crippen LogP contribution in [0.5, 0.6) is 0 Å². The average molecular weight is 349 g/mol. The van der Waals surface area contributed by atoms with E-state index in [0.29, 0.717) is 12.6 Å². The lowest BCUT2D eigenvalue weighted by Gasteiger charge is -2.40. The molecule has 1 aliphatic heterocycles. The number of ether oxygens (including phenoxy) is 1. The van der Waals surface area contributed by atoms with Gasteiger partial charge < -0.3 is 10.5 Å². The van der Waals surface area contributed by atoms with Crippen molar-refractivity contribution in [3.63, 3.8) is 0 Å². The van der Waals surface area contributed by atoms with Gasteiger partial charge in [-0.1, -0.05) is 0 Å². The van der Waals surface area contributed by atoms with Crippen LogP contribution in [0.1, 0.15) is 20.8 Å². The largest absolute Gasteiger partial charge is 0.370 e. The molecule has 7 nitrogen and oxygen atoms in total. The summed E-state index contributed by atoms with van der Waals surface area (Å²) in [6.45, 7) is 11.1. The fraction of sp³-hybridized carbons (Fsp3) is 0.933. The van der Waals surface area contributed by atoms with E-state index in [0.717, 1.165) is 13.1 Å². The highest BCUT2D eigenvalue weighted by Gasteiger charge is 2.45. The maximum atomic E-state index is 11.2. The molecule has 1 saturated heterocycles. The quantitative estimate of drug-likeness (QED) is 0.656. The monoisotopic (exact) mass is 349 g/mol. The Kier molecular flexibility index (Phi) is 7.84. The summed E-state index contributed by atoms with van der Waals surface area (Å²) in [5.41, 5.74) is 5.33.